The summed E-state index contributed by atoms with van der Waals surface area (Å²) in [5, 5.41) is 0. The van der Waals surface area contributed by atoms with Crippen LogP contribution in [0.25, 0.3) is 0 Å². The average molecular weight is 242 g/mol. The van der Waals surface area contributed by atoms with Gasteiger partial charge in [-0.25, -0.2) is 0 Å². The predicted molar refractivity (Wildman–Crippen MR) is 73.0 cm³/mol. The van der Waals surface area contributed by atoms with Crippen molar-refractivity contribution < 1.29 is 9.53 Å². The van der Waals surface area contributed by atoms with Gasteiger partial charge in [0.1, 0.15) is 0 Å². The lowest BCUT2D eigenvalue weighted by Gasteiger charge is -2.06. The zero-order chi connectivity index (χ0) is 12.9. The molecule has 0 radical (unpaired) electrons. The van der Waals surface area contributed by atoms with E-state index in [4.69, 9.17) is 4.74 Å². The third-order valence-electron chi connectivity index (χ3n) is 2.92. The number of carbonyl (C=O) groups is 1. The number of rotatable bonds is 11. The van der Waals surface area contributed by atoms with Crippen LogP contribution in [0.3, 0.4) is 0 Å². The molecular formula is C15H30O2. The standard InChI is InChI=1S/C15H30O2/c1-4-5-6-7-8-12-15(16)17-13-10-9-11-14(2)3/h14H,4-13H2,1-3H3. The van der Waals surface area contributed by atoms with Gasteiger partial charge in [-0.05, 0) is 25.2 Å². The molecule has 0 bridgehead atoms. The molecule has 0 rings (SSSR count). The summed E-state index contributed by atoms with van der Waals surface area (Å²) in [6, 6.07) is 0. The zero-order valence-corrected chi connectivity index (χ0v) is 12.0. The molecular weight excluding hydrogens is 212 g/mol. The van der Waals surface area contributed by atoms with Crippen LogP contribution in [0.5, 0.6) is 0 Å². The molecule has 102 valence electrons. The zero-order valence-electron chi connectivity index (χ0n) is 12.0. The monoisotopic (exact) mass is 242 g/mol. The number of hydrogen-bond donors (Lipinski definition) is 0. The van der Waals surface area contributed by atoms with Crippen molar-refractivity contribution in [3.8, 4) is 0 Å². The molecule has 0 aromatic rings. The van der Waals surface area contributed by atoms with Gasteiger partial charge in [0, 0.05) is 6.42 Å². The average Bonchev–Trinajstić information content (AvgIpc) is 2.28. The van der Waals surface area contributed by atoms with Crippen molar-refractivity contribution in [2.24, 2.45) is 5.92 Å². The first-order chi connectivity index (χ1) is 8.16. The summed E-state index contributed by atoms with van der Waals surface area (Å²) in [6.07, 6.45) is 9.95. The molecule has 17 heavy (non-hydrogen) atoms. The highest BCUT2D eigenvalue weighted by atomic mass is 16.5. The van der Waals surface area contributed by atoms with Crippen LogP contribution in [-0.4, -0.2) is 12.6 Å². The fraction of sp³-hybridized carbons (Fsp3) is 0.933. The first-order valence-electron chi connectivity index (χ1n) is 7.32. The number of esters is 1. The van der Waals surface area contributed by atoms with Crippen molar-refractivity contribution in [3.63, 3.8) is 0 Å². The lowest BCUT2D eigenvalue weighted by molar-refractivity contribution is -0.143. The van der Waals surface area contributed by atoms with Gasteiger partial charge in [-0.1, -0.05) is 52.9 Å². The van der Waals surface area contributed by atoms with E-state index in [1.807, 2.05) is 0 Å². The second kappa shape index (κ2) is 11.9. The molecule has 0 aromatic heterocycles. The van der Waals surface area contributed by atoms with E-state index >= 15 is 0 Å². The highest BCUT2D eigenvalue weighted by molar-refractivity contribution is 5.69. The lowest BCUT2D eigenvalue weighted by atomic mass is 10.1. The van der Waals surface area contributed by atoms with Gasteiger partial charge in [-0.15, -0.1) is 0 Å². The predicted octanol–water partition coefficient (Wildman–Crippen LogP) is 4.72. The van der Waals surface area contributed by atoms with Crippen LogP contribution in [0.1, 0.15) is 78.6 Å². The Morgan fingerprint density at radius 1 is 1.00 bits per heavy atom. The van der Waals surface area contributed by atoms with E-state index in [1.54, 1.807) is 0 Å². The topological polar surface area (TPSA) is 26.3 Å². The Morgan fingerprint density at radius 3 is 2.35 bits per heavy atom. The maximum Gasteiger partial charge on any atom is 0.305 e. The van der Waals surface area contributed by atoms with E-state index in [2.05, 4.69) is 20.8 Å². The fourth-order valence-electron chi connectivity index (χ4n) is 1.79. The van der Waals surface area contributed by atoms with Crippen molar-refractivity contribution in [1.82, 2.24) is 0 Å². The van der Waals surface area contributed by atoms with Crippen LogP contribution in [0.4, 0.5) is 0 Å². The van der Waals surface area contributed by atoms with Crippen LogP contribution < -0.4 is 0 Å². The molecule has 0 amide bonds. The third-order valence-corrected chi connectivity index (χ3v) is 2.92. The van der Waals surface area contributed by atoms with Crippen LogP contribution in [0.15, 0.2) is 0 Å². The summed E-state index contributed by atoms with van der Waals surface area (Å²) < 4.78 is 5.19. The minimum Gasteiger partial charge on any atom is -0.466 e. The van der Waals surface area contributed by atoms with Gasteiger partial charge in [-0.2, -0.15) is 0 Å². The maximum absolute atomic E-state index is 11.4. The van der Waals surface area contributed by atoms with E-state index in [9.17, 15) is 4.79 Å². The molecule has 0 heterocycles. The summed E-state index contributed by atoms with van der Waals surface area (Å²) >= 11 is 0. The molecule has 0 saturated heterocycles. The van der Waals surface area contributed by atoms with Crippen LogP contribution >= 0.6 is 0 Å². The molecule has 0 spiro atoms. The summed E-state index contributed by atoms with van der Waals surface area (Å²) in [6.45, 7) is 7.26. The van der Waals surface area contributed by atoms with Crippen molar-refractivity contribution in [2.45, 2.75) is 78.6 Å². The normalized spacial score (nSPS) is 10.8. The van der Waals surface area contributed by atoms with Gasteiger partial charge in [0.2, 0.25) is 0 Å². The minimum atomic E-state index is -0.00829. The van der Waals surface area contributed by atoms with Gasteiger partial charge >= 0.3 is 5.97 Å². The third kappa shape index (κ3) is 13.4. The Bertz CT molecular complexity index is 176. The van der Waals surface area contributed by atoms with Crippen molar-refractivity contribution in [3.05, 3.63) is 0 Å². The van der Waals surface area contributed by atoms with Gasteiger partial charge in [0.25, 0.3) is 0 Å². The maximum atomic E-state index is 11.4. The molecule has 0 N–H and O–H groups in total. The van der Waals surface area contributed by atoms with Gasteiger partial charge in [0.05, 0.1) is 6.61 Å². The molecule has 0 aromatic carbocycles. The first kappa shape index (κ1) is 16.5. The number of carbonyl (C=O) groups excluding carboxylic acids is 1. The Labute approximate surface area is 107 Å². The van der Waals surface area contributed by atoms with E-state index < -0.39 is 0 Å². The molecule has 0 aliphatic heterocycles. The molecule has 0 aliphatic carbocycles. The van der Waals surface area contributed by atoms with Crippen LogP contribution in [0.2, 0.25) is 0 Å². The molecule has 2 heteroatoms. The SMILES string of the molecule is CCCCCCCC(=O)OCCCCC(C)C. The Hall–Kier alpha value is -0.530. The summed E-state index contributed by atoms with van der Waals surface area (Å²) in [5.41, 5.74) is 0. The molecule has 0 unspecified atom stereocenters. The Morgan fingerprint density at radius 2 is 1.71 bits per heavy atom. The summed E-state index contributed by atoms with van der Waals surface area (Å²) in [7, 11) is 0. The largest absolute Gasteiger partial charge is 0.466 e. The van der Waals surface area contributed by atoms with Gasteiger partial charge in [0.15, 0.2) is 0 Å². The quantitative estimate of drug-likeness (QED) is 0.387. The fourth-order valence-corrected chi connectivity index (χ4v) is 1.79. The smallest absolute Gasteiger partial charge is 0.305 e. The van der Waals surface area contributed by atoms with E-state index in [-0.39, 0.29) is 5.97 Å². The molecule has 0 aliphatic rings. The lowest BCUT2D eigenvalue weighted by Crippen LogP contribution is -2.05. The van der Waals surface area contributed by atoms with E-state index in [1.165, 1.54) is 32.1 Å². The highest BCUT2D eigenvalue weighted by Crippen LogP contribution is 2.08. The molecule has 0 fully saturated rings. The number of ether oxygens (including phenoxy) is 1. The van der Waals surface area contributed by atoms with Crippen molar-refractivity contribution >= 4 is 5.97 Å². The Balaban J connectivity index is 3.18. The second-order valence-electron chi connectivity index (χ2n) is 5.27. The molecule has 0 atom stereocenters. The first-order valence-corrected chi connectivity index (χ1v) is 7.32. The number of hydrogen-bond acceptors (Lipinski definition) is 2. The number of unbranched alkanes of at least 4 members (excludes halogenated alkanes) is 5. The van der Waals surface area contributed by atoms with Crippen LogP contribution in [-0.2, 0) is 9.53 Å². The summed E-state index contributed by atoms with van der Waals surface area (Å²) in [4.78, 5) is 11.4. The van der Waals surface area contributed by atoms with Crippen molar-refractivity contribution in [1.29, 1.82) is 0 Å². The minimum absolute atomic E-state index is 0.00829. The molecule has 0 saturated carbocycles. The molecule has 2 nitrogen and oxygen atoms in total. The van der Waals surface area contributed by atoms with Gasteiger partial charge < -0.3 is 4.74 Å². The van der Waals surface area contributed by atoms with Crippen molar-refractivity contribution in [2.75, 3.05) is 6.61 Å². The van der Waals surface area contributed by atoms with E-state index in [0.717, 1.165) is 25.2 Å². The summed E-state index contributed by atoms with van der Waals surface area (Å²) in [5.74, 6) is 0.746. The second-order valence-corrected chi connectivity index (χ2v) is 5.27. The Kier molecular flexibility index (Phi) is 11.6. The van der Waals surface area contributed by atoms with E-state index in [0.29, 0.717) is 13.0 Å². The van der Waals surface area contributed by atoms with Crippen LogP contribution in [0, 0.1) is 5.92 Å². The highest BCUT2D eigenvalue weighted by Gasteiger charge is 2.02. The van der Waals surface area contributed by atoms with Gasteiger partial charge in [-0.3, -0.25) is 4.79 Å².